The summed E-state index contributed by atoms with van der Waals surface area (Å²) in [4.78, 5) is 15.9. The lowest BCUT2D eigenvalue weighted by molar-refractivity contribution is 0.0953. The summed E-state index contributed by atoms with van der Waals surface area (Å²) in [7, 11) is 0. The number of hydrogen-bond donors (Lipinski definition) is 2. The van der Waals surface area contributed by atoms with E-state index in [-0.39, 0.29) is 5.91 Å². The molecule has 0 aliphatic heterocycles. The van der Waals surface area contributed by atoms with Gasteiger partial charge in [-0.25, -0.2) is 0 Å². The van der Waals surface area contributed by atoms with E-state index in [0.29, 0.717) is 12.1 Å². The lowest BCUT2D eigenvalue weighted by Gasteiger charge is -2.07. The Morgan fingerprint density at radius 3 is 2.67 bits per heavy atom. The van der Waals surface area contributed by atoms with Crippen LogP contribution < -0.4 is 10.6 Å². The summed E-state index contributed by atoms with van der Waals surface area (Å²) in [5.41, 5.74) is 3.04. The van der Waals surface area contributed by atoms with E-state index in [1.807, 2.05) is 49.5 Å². The summed E-state index contributed by atoms with van der Waals surface area (Å²) in [6.45, 7) is 4.35. The highest BCUT2D eigenvalue weighted by atomic mass is 16.1. The summed E-state index contributed by atoms with van der Waals surface area (Å²) in [5.74, 6) is -0.0118. The zero-order valence-corrected chi connectivity index (χ0v) is 12.3. The van der Waals surface area contributed by atoms with E-state index < -0.39 is 0 Å². The van der Waals surface area contributed by atoms with Crippen LogP contribution in [0.3, 0.4) is 0 Å². The minimum atomic E-state index is -0.0118. The van der Waals surface area contributed by atoms with Crippen molar-refractivity contribution in [2.24, 2.45) is 0 Å². The van der Waals surface area contributed by atoms with E-state index in [1.54, 1.807) is 6.20 Å². The van der Waals surface area contributed by atoms with Crippen LogP contribution in [0.4, 0.5) is 0 Å². The van der Waals surface area contributed by atoms with Crippen LogP contribution >= 0.6 is 0 Å². The second-order valence-corrected chi connectivity index (χ2v) is 5.01. The molecule has 0 spiro atoms. The number of nitrogens with one attached hydrogen (secondary N) is 2. The summed E-state index contributed by atoms with van der Waals surface area (Å²) < 4.78 is 0. The molecule has 2 N–H and O–H groups in total. The predicted molar refractivity (Wildman–Crippen MR) is 84.1 cm³/mol. The third kappa shape index (κ3) is 5.36. The number of carbonyl (C=O) groups excluding carboxylic acids is 1. The third-order valence-corrected chi connectivity index (χ3v) is 3.18. The van der Waals surface area contributed by atoms with Crippen LogP contribution in [0.1, 0.15) is 27.9 Å². The fourth-order valence-corrected chi connectivity index (χ4v) is 1.96. The molecule has 0 unspecified atom stereocenters. The Hall–Kier alpha value is -2.20. The quantitative estimate of drug-likeness (QED) is 0.767. The molecule has 110 valence electrons. The van der Waals surface area contributed by atoms with Gasteiger partial charge in [-0.3, -0.25) is 9.78 Å². The van der Waals surface area contributed by atoms with Gasteiger partial charge < -0.3 is 10.6 Å². The second-order valence-electron chi connectivity index (χ2n) is 5.01. The Morgan fingerprint density at radius 2 is 1.95 bits per heavy atom. The van der Waals surface area contributed by atoms with Crippen LogP contribution in [0.15, 0.2) is 48.8 Å². The van der Waals surface area contributed by atoms with Crippen molar-refractivity contribution in [2.45, 2.75) is 19.9 Å². The molecule has 1 amide bonds. The molecule has 0 saturated carbocycles. The fourth-order valence-electron chi connectivity index (χ4n) is 1.96. The maximum atomic E-state index is 11.9. The monoisotopic (exact) mass is 283 g/mol. The Morgan fingerprint density at radius 1 is 1.14 bits per heavy atom. The van der Waals surface area contributed by atoms with Gasteiger partial charge in [0.05, 0.1) is 0 Å². The van der Waals surface area contributed by atoms with E-state index >= 15 is 0 Å². The van der Waals surface area contributed by atoms with E-state index in [0.717, 1.165) is 25.1 Å². The highest BCUT2D eigenvalue weighted by Gasteiger charge is 2.03. The number of hydrogen-bond acceptors (Lipinski definition) is 3. The van der Waals surface area contributed by atoms with Crippen molar-refractivity contribution in [2.75, 3.05) is 13.1 Å². The molecule has 4 nitrogen and oxygen atoms in total. The molecule has 0 aliphatic carbocycles. The van der Waals surface area contributed by atoms with Gasteiger partial charge in [0.25, 0.3) is 5.91 Å². The predicted octanol–water partition coefficient (Wildman–Crippen LogP) is 2.30. The van der Waals surface area contributed by atoms with Crippen molar-refractivity contribution in [1.82, 2.24) is 15.6 Å². The highest BCUT2D eigenvalue weighted by molar-refractivity contribution is 5.94. The summed E-state index contributed by atoms with van der Waals surface area (Å²) >= 11 is 0. The number of pyridine rings is 1. The molecule has 2 aromatic rings. The third-order valence-electron chi connectivity index (χ3n) is 3.18. The number of rotatable bonds is 7. The smallest absolute Gasteiger partial charge is 0.251 e. The minimum absolute atomic E-state index is 0.0118. The maximum Gasteiger partial charge on any atom is 0.251 e. The van der Waals surface area contributed by atoms with Gasteiger partial charge in [-0.05, 0) is 43.7 Å². The van der Waals surface area contributed by atoms with Gasteiger partial charge in [-0.2, -0.15) is 0 Å². The second kappa shape index (κ2) is 8.17. The first-order valence-electron chi connectivity index (χ1n) is 7.20. The van der Waals surface area contributed by atoms with Crippen molar-refractivity contribution < 1.29 is 4.79 Å². The topological polar surface area (TPSA) is 54.0 Å². The zero-order chi connectivity index (χ0) is 14.9. The molecule has 21 heavy (non-hydrogen) atoms. The van der Waals surface area contributed by atoms with Gasteiger partial charge in [0, 0.05) is 31.0 Å². The number of amides is 1. The van der Waals surface area contributed by atoms with Crippen molar-refractivity contribution in [3.63, 3.8) is 0 Å². The largest absolute Gasteiger partial charge is 0.352 e. The van der Waals surface area contributed by atoms with Crippen molar-refractivity contribution in [1.29, 1.82) is 0 Å². The molecule has 0 radical (unpaired) electrons. The van der Waals surface area contributed by atoms with Gasteiger partial charge in [0.1, 0.15) is 0 Å². The van der Waals surface area contributed by atoms with E-state index in [1.165, 1.54) is 5.56 Å². The van der Waals surface area contributed by atoms with Crippen LogP contribution in [0.25, 0.3) is 0 Å². The van der Waals surface area contributed by atoms with Gasteiger partial charge in [-0.1, -0.05) is 23.8 Å². The minimum Gasteiger partial charge on any atom is -0.352 e. The van der Waals surface area contributed by atoms with E-state index in [4.69, 9.17) is 0 Å². The van der Waals surface area contributed by atoms with Gasteiger partial charge in [-0.15, -0.1) is 0 Å². The van der Waals surface area contributed by atoms with Crippen LogP contribution in [-0.4, -0.2) is 24.0 Å². The van der Waals surface area contributed by atoms with Gasteiger partial charge in [0.15, 0.2) is 0 Å². The molecule has 0 aliphatic rings. The molecule has 1 heterocycles. The number of aromatic nitrogens is 1. The molecule has 1 aromatic heterocycles. The molecule has 1 aromatic carbocycles. The number of aryl methyl sites for hydroxylation is 1. The molecular formula is C17H21N3O. The lowest BCUT2D eigenvalue weighted by atomic mass is 10.1. The molecular weight excluding hydrogens is 262 g/mol. The Kier molecular flexibility index (Phi) is 5.91. The lowest BCUT2D eigenvalue weighted by Crippen LogP contribution is -2.27. The molecule has 2 rings (SSSR count). The Labute approximate surface area is 125 Å². The maximum absolute atomic E-state index is 11.9. The number of nitrogens with zero attached hydrogens (tertiary/aromatic N) is 1. The van der Waals surface area contributed by atoms with Crippen molar-refractivity contribution in [3.8, 4) is 0 Å². The first-order chi connectivity index (χ1) is 10.3. The van der Waals surface area contributed by atoms with Crippen LogP contribution in [0, 0.1) is 6.92 Å². The van der Waals surface area contributed by atoms with E-state index in [9.17, 15) is 4.79 Å². The Bertz CT molecular complexity index is 552. The van der Waals surface area contributed by atoms with Crippen LogP contribution in [-0.2, 0) is 6.54 Å². The highest BCUT2D eigenvalue weighted by Crippen LogP contribution is 2.02. The summed E-state index contributed by atoms with van der Waals surface area (Å²) in [6, 6.07) is 11.6. The average Bonchev–Trinajstić information content (AvgIpc) is 2.52. The number of carbonyl (C=O) groups is 1. The summed E-state index contributed by atoms with van der Waals surface area (Å²) in [5, 5.41) is 6.26. The van der Waals surface area contributed by atoms with Gasteiger partial charge in [0.2, 0.25) is 0 Å². The zero-order valence-electron chi connectivity index (χ0n) is 12.3. The first-order valence-corrected chi connectivity index (χ1v) is 7.20. The van der Waals surface area contributed by atoms with Gasteiger partial charge >= 0.3 is 0 Å². The van der Waals surface area contributed by atoms with E-state index in [2.05, 4.69) is 15.6 Å². The first kappa shape index (κ1) is 15.2. The molecule has 0 atom stereocenters. The SMILES string of the molecule is Cc1ccc(C(=O)NCCCNCc2cccnc2)cc1. The molecule has 0 bridgehead atoms. The van der Waals surface area contributed by atoms with Crippen molar-refractivity contribution in [3.05, 3.63) is 65.5 Å². The molecule has 0 saturated heterocycles. The Balaban J connectivity index is 1.59. The van der Waals surface area contributed by atoms with Crippen LogP contribution in [0.5, 0.6) is 0 Å². The van der Waals surface area contributed by atoms with Crippen molar-refractivity contribution >= 4 is 5.91 Å². The fraction of sp³-hybridized carbons (Fsp3) is 0.294. The molecule has 0 fully saturated rings. The van der Waals surface area contributed by atoms with Crippen LogP contribution in [0.2, 0.25) is 0 Å². The normalized spacial score (nSPS) is 10.3. The number of benzene rings is 1. The molecule has 4 heteroatoms. The summed E-state index contributed by atoms with van der Waals surface area (Å²) in [6.07, 6.45) is 4.52. The standard InChI is InChI=1S/C17H21N3O/c1-14-5-7-16(8-6-14)17(21)20-11-3-10-19-13-15-4-2-9-18-12-15/h2,4-9,12,19H,3,10-11,13H2,1H3,(H,20,21). The average molecular weight is 283 g/mol.